The average molecular weight is 871 g/mol. The van der Waals surface area contributed by atoms with Crippen LogP contribution in [-0.4, -0.2) is 83.6 Å². The van der Waals surface area contributed by atoms with Gasteiger partial charge in [0.15, 0.2) is 0 Å². The highest BCUT2D eigenvalue weighted by atomic mass is 32.2. The van der Waals surface area contributed by atoms with Gasteiger partial charge in [0.1, 0.15) is 31.3 Å². The molecule has 0 heterocycles. The van der Waals surface area contributed by atoms with E-state index in [1.54, 1.807) is 27.7 Å². The molecule has 5 aromatic rings. The molecule has 1 aliphatic rings. The molecule has 5 aromatic carbocycles. The number of hydrogen-bond acceptors (Lipinski definition) is 8. The molecule has 0 unspecified atom stereocenters. The van der Waals surface area contributed by atoms with Crippen LogP contribution in [0.5, 0.6) is 0 Å². The molecular weight excluding hydrogens is 817 g/mol. The van der Waals surface area contributed by atoms with Crippen LogP contribution >= 0.6 is 11.8 Å². The van der Waals surface area contributed by atoms with Crippen molar-refractivity contribution in [2.45, 2.75) is 75.1 Å². The van der Waals surface area contributed by atoms with Gasteiger partial charge < -0.3 is 35.8 Å². The summed E-state index contributed by atoms with van der Waals surface area (Å²) >= 11 is 1.41. The maximum absolute atomic E-state index is 14.6. The number of ether oxygens (including phenoxy) is 2. The number of amides is 4. The summed E-state index contributed by atoms with van der Waals surface area (Å²) in [7, 11) is 0. The molecular formula is C50H54N4O8S. The SMILES string of the molecule is C[C@H](NC(=O)OCC1c2ccccc2-c2ccccc21)C(=O)N[C@@H](CSC(c1ccccc1)(c1ccccc1)c1ccccc1)C(=O)N[C@H](C(=O)NCC(=O)O)[C@@H](C)OC(C)(C)C. The molecule has 0 saturated carbocycles. The summed E-state index contributed by atoms with van der Waals surface area (Å²) in [5.74, 6) is -3.67. The van der Waals surface area contributed by atoms with Crippen molar-refractivity contribution < 1.29 is 38.6 Å². The number of fused-ring (bicyclic) bond motifs is 3. The summed E-state index contributed by atoms with van der Waals surface area (Å²) < 4.78 is 10.9. The molecule has 4 amide bonds. The van der Waals surface area contributed by atoms with E-state index in [0.717, 1.165) is 38.9 Å². The molecule has 0 spiro atoms. The van der Waals surface area contributed by atoms with Crippen molar-refractivity contribution in [2.24, 2.45) is 0 Å². The van der Waals surface area contributed by atoms with Gasteiger partial charge in [-0.2, -0.15) is 0 Å². The van der Waals surface area contributed by atoms with Crippen LogP contribution < -0.4 is 21.3 Å². The predicted octanol–water partition coefficient (Wildman–Crippen LogP) is 7.01. The number of carbonyl (C=O) groups is 5. The first-order valence-corrected chi connectivity index (χ1v) is 21.9. The molecule has 5 N–H and O–H groups in total. The summed E-state index contributed by atoms with van der Waals surface area (Å²) in [6, 6.07) is 41.6. The van der Waals surface area contributed by atoms with Gasteiger partial charge in [-0.3, -0.25) is 19.2 Å². The Morgan fingerprint density at radius 1 is 0.635 bits per heavy atom. The minimum absolute atomic E-state index is 0.0219. The van der Waals surface area contributed by atoms with E-state index in [1.165, 1.54) is 18.7 Å². The van der Waals surface area contributed by atoms with Crippen molar-refractivity contribution in [3.63, 3.8) is 0 Å². The number of benzene rings is 5. The molecule has 0 radical (unpaired) electrons. The monoisotopic (exact) mass is 870 g/mol. The summed E-state index contributed by atoms with van der Waals surface area (Å²) in [5.41, 5.74) is 6.25. The Balaban J connectivity index is 1.27. The molecule has 0 aromatic heterocycles. The second-order valence-corrected chi connectivity index (χ2v) is 17.6. The fourth-order valence-corrected chi connectivity index (χ4v) is 9.45. The Kier molecular flexibility index (Phi) is 15.1. The van der Waals surface area contributed by atoms with Gasteiger partial charge in [0, 0.05) is 11.7 Å². The Hall–Kier alpha value is -6.44. The number of carboxylic acid groups (broad SMARTS) is 1. The van der Waals surface area contributed by atoms with Crippen LogP contribution in [0, 0.1) is 0 Å². The van der Waals surface area contributed by atoms with Crippen molar-refractivity contribution in [3.8, 4) is 11.1 Å². The van der Waals surface area contributed by atoms with Gasteiger partial charge in [0.25, 0.3) is 0 Å². The maximum Gasteiger partial charge on any atom is 0.407 e. The van der Waals surface area contributed by atoms with Crippen molar-refractivity contribution in [3.05, 3.63) is 167 Å². The third-order valence-electron chi connectivity index (χ3n) is 10.7. The highest BCUT2D eigenvalue weighted by Crippen LogP contribution is 2.49. The summed E-state index contributed by atoms with van der Waals surface area (Å²) in [5, 5.41) is 19.9. The van der Waals surface area contributed by atoms with Crippen LogP contribution in [0.2, 0.25) is 0 Å². The molecule has 63 heavy (non-hydrogen) atoms. The second kappa shape index (κ2) is 20.6. The molecule has 0 bridgehead atoms. The molecule has 0 saturated heterocycles. The summed E-state index contributed by atoms with van der Waals surface area (Å²) in [6.07, 6.45) is -1.73. The van der Waals surface area contributed by atoms with Crippen LogP contribution in [0.25, 0.3) is 11.1 Å². The standard InChI is InChI=1S/C50H54N4O8S/c1-32(52-48(60)61-30-41-39-27-17-15-25-37(39)38-26-16-18-28-40(38)41)45(57)53-42(46(58)54-44(33(2)62-49(3,4)5)47(59)51-29-43(55)56)31-63-50(34-19-9-6-10-20-34,35-21-11-7-12-22-35)36-23-13-8-14-24-36/h6-28,32-33,41-42,44H,29-31H2,1-5H3,(H,51,59)(H,52,60)(H,53,57)(H,54,58)(H,55,56)/t32-,33+,42-,44-/m0/s1. The summed E-state index contributed by atoms with van der Waals surface area (Å²) in [6.45, 7) is 7.81. The lowest BCUT2D eigenvalue weighted by molar-refractivity contribution is -0.142. The Morgan fingerprint density at radius 3 is 1.59 bits per heavy atom. The van der Waals surface area contributed by atoms with Gasteiger partial charge in [-0.05, 0) is 73.6 Å². The minimum atomic E-state index is -1.35. The quantitative estimate of drug-likeness (QED) is 0.0581. The largest absolute Gasteiger partial charge is 0.480 e. The molecule has 4 atom stereocenters. The number of hydrogen-bond donors (Lipinski definition) is 5. The molecule has 6 rings (SSSR count). The number of thioether (sulfide) groups is 1. The van der Waals surface area contributed by atoms with E-state index in [0.29, 0.717) is 0 Å². The lowest BCUT2D eigenvalue weighted by Crippen LogP contribution is -2.60. The number of carboxylic acids is 1. The molecule has 328 valence electrons. The highest BCUT2D eigenvalue weighted by molar-refractivity contribution is 8.00. The molecule has 13 heteroatoms. The zero-order chi connectivity index (χ0) is 45.1. The van der Waals surface area contributed by atoms with E-state index in [-0.39, 0.29) is 18.3 Å². The van der Waals surface area contributed by atoms with Gasteiger partial charge in [0.2, 0.25) is 17.7 Å². The minimum Gasteiger partial charge on any atom is -0.480 e. The number of nitrogens with one attached hydrogen (secondary N) is 4. The van der Waals surface area contributed by atoms with Crippen LogP contribution in [0.4, 0.5) is 4.79 Å². The number of alkyl carbamates (subject to hydrolysis) is 1. The third kappa shape index (κ3) is 11.3. The van der Waals surface area contributed by atoms with Gasteiger partial charge in [0.05, 0.1) is 16.5 Å². The number of aliphatic carboxylic acids is 1. The van der Waals surface area contributed by atoms with Gasteiger partial charge in [-0.1, -0.05) is 140 Å². The van der Waals surface area contributed by atoms with Gasteiger partial charge in [-0.15, -0.1) is 11.8 Å². The first kappa shape index (κ1) is 46.1. The number of carbonyl (C=O) groups excluding carboxylic acids is 4. The highest BCUT2D eigenvalue weighted by Gasteiger charge is 2.40. The third-order valence-corrected chi connectivity index (χ3v) is 12.4. The maximum atomic E-state index is 14.6. The lowest BCUT2D eigenvalue weighted by Gasteiger charge is -2.37. The van der Waals surface area contributed by atoms with E-state index in [1.807, 2.05) is 140 Å². The Labute approximate surface area is 372 Å². The predicted molar refractivity (Wildman–Crippen MR) is 244 cm³/mol. The van der Waals surface area contributed by atoms with Crippen molar-refractivity contribution in [1.82, 2.24) is 21.3 Å². The van der Waals surface area contributed by atoms with Gasteiger partial charge >= 0.3 is 12.1 Å². The zero-order valence-corrected chi connectivity index (χ0v) is 36.8. The average Bonchev–Trinajstić information content (AvgIpc) is 3.60. The Bertz CT molecular complexity index is 2230. The van der Waals surface area contributed by atoms with E-state index < -0.39 is 70.9 Å². The van der Waals surface area contributed by atoms with Crippen molar-refractivity contribution >= 4 is 41.5 Å². The van der Waals surface area contributed by atoms with Gasteiger partial charge in [-0.25, -0.2) is 4.79 Å². The summed E-state index contributed by atoms with van der Waals surface area (Å²) in [4.78, 5) is 67.0. The second-order valence-electron chi connectivity index (χ2n) is 16.4. The van der Waals surface area contributed by atoms with E-state index in [4.69, 9.17) is 9.47 Å². The number of rotatable bonds is 18. The van der Waals surface area contributed by atoms with E-state index >= 15 is 0 Å². The zero-order valence-electron chi connectivity index (χ0n) is 36.0. The van der Waals surface area contributed by atoms with Crippen LogP contribution in [-0.2, 0) is 33.4 Å². The molecule has 0 aliphatic heterocycles. The Morgan fingerprint density at radius 2 is 1.11 bits per heavy atom. The van der Waals surface area contributed by atoms with Crippen LogP contribution in [0.3, 0.4) is 0 Å². The topological polar surface area (TPSA) is 172 Å². The fraction of sp³-hybridized carbons (Fsp3) is 0.300. The fourth-order valence-electron chi connectivity index (χ4n) is 7.89. The first-order chi connectivity index (χ1) is 30.2. The molecule has 1 aliphatic carbocycles. The normalized spacial score (nSPS) is 14.2. The van der Waals surface area contributed by atoms with Crippen LogP contribution in [0.15, 0.2) is 140 Å². The van der Waals surface area contributed by atoms with E-state index in [9.17, 15) is 29.1 Å². The van der Waals surface area contributed by atoms with E-state index in [2.05, 4.69) is 21.3 Å². The van der Waals surface area contributed by atoms with Crippen molar-refractivity contribution in [2.75, 3.05) is 18.9 Å². The molecule has 0 fully saturated rings. The molecule has 12 nitrogen and oxygen atoms in total. The smallest absolute Gasteiger partial charge is 0.407 e. The lowest BCUT2D eigenvalue weighted by atomic mass is 9.84. The first-order valence-electron chi connectivity index (χ1n) is 20.9. The van der Waals surface area contributed by atoms with Crippen LogP contribution in [0.1, 0.15) is 68.4 Å². The van der Waals surface area contributed by atoms with Crippen molar-refractivity contribution in [1.29, 1.82) is 0 Å².